The van der Waals surface area contributed by atoms with Gasteiger partial charge in [-0.3, -0.25) is 4.79 Å². The number of ether oxygens (including phenoxy) is 1. The van der Waals surface area contributed by atoms with E-state index in [1.807, 2.05) is 31.2 Å². The standard InChI is InChI=1S/C19H16ClNO3/c1-12-3-5-15(6-4-12)21-18(22)8-7-16-10-13-9-14(20)11-17(23-2)19(13)24-16/h3-11H,1-2H3,(H,21,22). The van der Waals surface area contributed by atoms with E-state index < -0.39 is 0 Å². The van der Waals surface area contributed by atoms with E-state index in [0.717, 1.165) is 16.6 Å². The van der Waals surface area contributed by atoms with Crippen LogP contribution in [0.25, 0.3) is 17.0 Å². The molecule has 0 spiro atoms. The summed E-state index contributed by atoms with van der Waals surface area (Å²) in [6.07, 6.45) is 3.03. The topological polar surface area (TPSA) is 51.5 Å². The van der Waals surface area contributed by atoms with Crippen molar-refractivity contribution in [3.8, 4) is 5.75 Å². The number of halogens is 1. The lowest BCUT2D eigenvalue weighted by atomic mass is 10.2. The highest BCUT2D eigenvalue weighted by atomic mass is 35.5. The minimum Gasteiger partial charge on any atom is -0.493 e. The molecular formula is C19H16ClNO3. The fraction of sp³-hybridized carbons (Fsp3) is 0.105. The van der Waals surface area contributed by atoms with E-state index in [1.54, 1.807) is 31.4 Å². The molecule has 3 rings (SSSR count). The Labute approximate surface area is 144 Å². The van der Waals surface area contributed by atoms with E-state index >= 15 is 0 Å². The van der Waals surface area contributed by atoms with Crippen LogP contribution in [0.5, 0.6) is 5.75 Å². The predicted molar refractivity (Wildman–Crippen MR) is 96.6 cm³/mol. The quantitative estimate of drug-likeness (QED) is 0.675. The molecule has 0 aliphatic heterocycles. The van der Waals surface area contributed by atoms with Crippen molar-refractivity contribution in [1.29, 1.82) is 0 Å². The number of furan rings is 1. The molecule has 1 N–H and O–H groups in total. The van der Waals surface area contributed by atoms with Gasteiger partial charge in [-0.2, -0.15) is 0 Å². The monoisotopic (exact) mass is 341 g/mol. The number of carbonyl (C=O) groups is 1. The third kappa shape index (κ3) is 3.60. The molecule has 122 valence electrons. The van der Waals surface area contributed by atoms with Crippen LogP contribution >= 0.6 is 11.6 Å². The molecule has 24 heavy (non-hydrogen) atoms. The Hall–Kier alpha value is -2.72. The molecule has 0 bridgehead atoms. The number of carbonyl (C=O) groups excluding carboxylic acids is 1. The maximum atomic E-state index is 12.0. The van der Waals surface area contributed by atoms with Crippen LogP contribution in [0.2, 0.25) is 5.02 Å². The van der Waals surface area contributed by atoms with E-state index in [2.05, 4.69) is 5.32 Å². The number of nitrogens with one attached hydrogen (secondary N) is 1. The minimum absolute atomic E-state index is 0.232. The van der Waals surface area contributed by atoms with Crippen molar-refractivity contribution >= 4 is 40.2 Å². The molecule has 0 aliphatic rings. The van der Waals surface area contributed by atoms with Gasteiger partial charge < -0.3 is 14.5 Å². The summed E-state index contributed by atoms with van der Waals surface area (Å²) in [7, 11) is 1.55. The number of methoxy groups -OCH3 is 1. The Balaban J connectivity index is 1.77. The normalized spacial score (nSPS) is 11.1. The van der Waals surface area contributed by atoms with Gasteiger partial charge in [0, 0.05) is 28.2 Å². The fourth-order valence-electron chi connectivity index (χ4n) is 2.32. The van der Waals surface area contributed by atoms with Crippen molar-refractivity contribution in [3.63, 3.8) is 0 Å². The molecule has 4 nitrogen and oxygen atoms in total. The Morgan fingerprint density at radius 2 is 1.96 bits per heavy atom. The second-order valence-electron chi connectivity index (χ2n) is 5.36. The molecule has 0 atom stereocenters. The van der Waals surface area contributed by atoms with Crippen molar-refractivity contribution in [1.82, 2.24) is 0 Å². The first-order valence-electron chi connectivity index (χ1n) is 7.38. The molecular weight excluding hydrogens is 326 g/mol. The first kappa shape index (κ1) is 16.1. The zero-order valence-corrected chi connectivity index (χ0v) is 14.1. The molecule has 0 aliphatic carbocycles. The summed E-state index contributed by atoms with van der Waals surface area (Å²) >= 11 is 6.04. The molecule has 0 unspecified atom stereocenters. The third-order valence-electron chi connectivity index (χ3n) is 3.50. The maximum Gasteiger partial charge on any atom is 0.248 e. The number of hydrogen-bond acceptors (Lipinski definition) is 3. The predicted octanol–water partition coefficient (Wildman–Crippen LogP) is 5.06. The minimum atomic E-state index is -0.232. The van der Waals surface area contributed by atoms with Crippen LogP contribution in [0.3, 0.4) is 0 Å². The van der Waals surface area contributed by atoms with Crippen LogP contribution in [0.15, 0.2) is 53.0 Å². The fourth-order valence-corrected chi connectivity index (χ4v) is 2.53. The average Bonchev–Trinajstić information content (AvgIpc) is 2.97. The average molecular weight is 342 g/mol. The van der Waals surface area contributed by atoms with Crippen LogP contribution in [-0.4, -0.2) is 13.0 Å². The first-order valence-corrected chi connectivity index (χ1v) is 7.76. The van der Waals surface area contributed by atoms with Crippen molar-refractivity contribution in [2.24, 2.45) is 0 Å². The zero-order valence-electron chi connectivity index (χ0n) is 13.3. The highest BCUT2D eigenvalue weighted by molar-refractivity contribution is 6.31. The van der Waals surface area contributed by atoms with Gasteiger partial charge >= 0.3 is 0 Å². The summed E-state index contributed by atoms with van der Waals surface area (Å²) in [6.45, 7) is 1.99. The lowest BCUT2D eigenvalue weighted by Gasteiger charge is -2.01. The number of fused-ring (bicyclic) bond motifs is 1. The van der Waals surface area contributed by atoms with Gasteiger partial charge in [0.2, 0.25) is 5.91 Å². The van der Waals surface area contributed by atoms with E-state index in [0.29, 0.717) is 22.1 Å². The van der Waals surface area contributed by atoms with Crippen LogP contribution < -0.4 is 10.1 Å². The molecule has 1 heterocycles. The Kier molecular flexibility index (Phi) is 4.58. The van der Waals surface area contributed by atoms with Gasteiger partial charge in [-0.05, 0) is 37.3 Å². The largest absolute Gasteiger partial charge is 0.493 e. The molecule has 0 radical (unpaired) electrons. The van der Waals surface area contributed by atoms with Crippen LogP contribution in [0, 0.1) is 6.92 Å². The van der Waals surface area contributed by atoms with Crippen molar-refractivity contribution in [2.45, 2.75) is 6.92 Å². The molecule has 1 amide bonds. The lowest BCUT2D eigenvalue weighted by molar-refractivity contribution is -0.111. The third-order valence-corrected chi connectivity index (χ3v) is 3.72. The highest BCUT2D eigenvalue weighted by Gasteiger charge is 2.09. The smallest absolute Gasteiger partial charge is 0.248 e. The van der Waals surface area contributed by atoms with Gasteiger partial charge in [0.05, 0.1) is 7.11 Å². The lowest BCUT2D eigenvalue weighted by Crippen LogP contribution is -2.07. The maximum absolute atomic E-state index is 12.0. The summed E-state index contributed by atoms with van der Waals surface area (Å²) in [5.41, 5.74) is 2.48. The Bertz CT molecular complexity index is 910. The summed E-state index contributed by atoms with van der Waals surface area (Å²) < 4.78 is 11.0. The highest BCUT2D eigenvalue weighted by Crippen LogP contribution is 2.32. The zero-order chi connectivity index (χ0) is 17.1. The Morgan fingerprint density at radius 1 is 1.21 bits per heavy atom. The van der Waals surface area contributed by atoms with Gasteiger partial charge in [0.15, 0.2) is 11.3 Å². The van der Waals surface area contributed by atoms with Crippen molar-refractivity contribution in [2.75, 3.05) is 12.4 Å². The molecule has 0 fully saturated rings. The summed E-state index contributed by atoms with van der Waals surface area (Å²) in [6, 6.07) is 12.9. The van der Waals surface area contributed by atoms with E-state index in [9.17, 15) is 4.79 Å². The molecule has 0 saturated heterocycles. The number of anilines is 1. The molecule has 5 heteroatoms. The second-order valence-corrected chi connectivity index (χ2v) is 5.80. The molecule has 0 saturated carbocycles. The molecule has 2 aromatic carbocycles. The van der Waals surface area contributed by atoms with Gasteiger partial charge in [-0.15, -0.1) is 0 Å². The summed E-state index contributed by atoms with van der Waals surface area (Å²) in [4.78, 5) is 12.0. The van der Waals surface area contributed by atoms with Crippen LogP contribution in [0.1, 0.15) is 11.3 Å². The number of aryl methyl sites for hydroxylation is 1. The number of amides is 1. The van der Waals surface area contributed by atoms with E-state index in [4.69, 9.17) is 20.8 Å². The van der Waals surface area contributed by atoms with Gasteiger partial charge in [-0.1, -0.05) is 29.3 Å². The Morgan fingerprint density at radius 3 is 2.67 bits per heavy atom. The van der Waals surface area contributed by atoms with Crippen molar-refractivity contribution < 1.29 is 13.9 Å². The number of hydrogen-bond donors (Lipinski definition) is 1. The van der Waals surface area contributed by atoms with Gasteiger partial charge in [-0.25, -0.2) is 0 Å². The SMILES string of the molecule is COc1cc(Cl)cc2cc(C=CC(=O)Nc3ccc(C)cc3)oc12. The molecule has 3 aromatic rings. The number of benzene rings is 2. The van der Waals surface area contributed by atoms with E-state index in [1.165, 1.54) is 6.08 Å². The van der Waals surface area contributed by atoms with Gasteiger partial charge in [0.1, 0.15) is 5.76 Å². The molecule has 1 aromatic heterocycles. The van der Waals surface area contributed by atoms with Crippen LogP contribution in [-0.2, 0) is 4.79 Å². The second kappa shape index (κ2) is 6.81. The van der Waals surface area contributed by atoms with Crippen molar-refractivity contribution in [3.05, 3.63) is 64.9 Å². The first-order chi connectivity index (χ1) is 11.5. The van der Waals surface area contributed by atoms with E-state index in [-0.39, 0.29) is 5.91 Å². The van der Waals surface area contributed by atoms with Crippen LogP contribution in [0.4, 0.5) is 5.69 Å². The number of rotatable bonds is 4. The summed E-state index contributed by atoms with van der Waals surface area (Å²) in [5.74, 6) is 0.871. The summed E-state index contributed by atoms with van der Waals surface area (Å²) in [5, 5.41) is 4.17. The van der Waals surface area contributed by atoms with Gasteiger partial charge in [0.25, 0.3) is 0 Å².